The number of hydrogen-bond donors (Lipinski definition) is 0. The number of benzene rings is 4. The molecule has 32 heavy (non-hydrogen) atoms. The second-order valence-corrected chi connectivity index (χ2v) is 13.4. The van der Waals surface area contributed by atoms with E-state index in [0.717, 1.165) is 12.3 Å². The van der Waals surface area contributed by atoms with Gasteiger partial charge in [-0.05, 0) is 37.1 Å². The average molecular weight is 540 g/mol. The second kappa shape index (κ2) is 12.3. The Labute approximate surface area is 213 Å². The number of alkyl halides is 2. The summed E-state index contributed by atoms with van der Waals surface area (Å²) in [6.45, 7) is 0. The van der Waals surface area contributed by atoms with Crippen LogP contribution in [0.15, 0.2) is 121 Å². The van der Waals surface area contributed by atoms with E-state index < -0.39 is 20.2 Å². The molecule has 0 fully saturated rings. The van der Waals surface area contributed by atoms with Gasteiger partial charge in [-0.15, -0.1) is 23.2 Å². The summed E-state index contributed by atoms with van der Waals surface area (Å²) in [5, 5.41) is 5.22. The molecule has 0 spiro atoms. The molecule has 0 heterocycles. The summed E-state index contributed by atoms with van der Waals surface area (Å²) >= 11 is 14.2. The summed E-state index contributed by atoms with van der Waals surface area (Å²) in [6.07, 6.45) is 1.44. The maximum atomic E-state index is 7.12. The molecule has 164 valence electrons. The molecule has 0 amide bonds. The molecule has 0 aliphatic carbocycles. The van der Waals surface area contributed by atoms with Crippen molar-refractivity contribution in [3.05, 3.63) is 121 Å². The van der Waals surface area contributed by atoms with Gasteiger partial charge in [-0.2, -0.15) is 0 Å². The second-order valence-electron chi connectivity index (χ2n) is 7.37. The van der Waals surface area contributed by atoms with Crippen molar-refractivity contribution in [3.63, 3.8) is 0 Å². The Hall–Kier alpha value is -1.19. The van der Waals surface area contributed by atoms with E-state index in [0.29, 0.717) is 0 Å². The summed E-state index contributed by atoms with van der Waals surface area (Å²) in [5.41, 5.74) is 0. The average Bonchev–Trinajstić information content (AvgIpc) is 2.83. The molecular formula is C27H24Cl2NiP2+2. The summed E-state index contributed by atoms with van der Waals surface area (Å²) in [5.74, 6) is 0. The molecular weight excluding hydrogens is 516 g/mol. The minimum absolute atomic E-state index is 0. The van der Waals surface area contributed by atoms with Crippen LogP contribution in [0.25, 0.3) is 0 Å². The van der Waals surface area contributed by atoms with Crippen LogP contribution in [-0.2, 0) is 16.5 Å². The molecule has 4 aromatic carbocycles. The number of rotatable bonds is 8. The first-order valence-corrected chi connectivity index (χ1v) is 14.1. The van der Waals surface area contributed by atoms with Gasteiger partial charge in [0.1, 0.15) is 4.33 Å². The minimum Gasteiger partial charge on any atom is -0.101 e. The van der Waals surface area contributed by atoms with Crippen molar-refractivity contribution in [2.24, 2.45) is 0 Å². The van der Waals surface area contributed by atoms with Crippen molar-refractivity contribution in [1.29, 1.82) is 0 Å². The van der Waals surface area contributed by atoms with Gasteiger partial charge in [0, 0.05) is 12.3 Å². The Bertz CT molecular complexity index is 896. The van der Waals surface area contributed by atoms with E-state index in [4.69, 9.17) is 23.2 Å². The number of halogens is 2. The molecule has 4 rings (SSSR count). The van der Waals surface area contributed by atoms with Crippen molar-refractivity contribution >= 4 is 60.3 Å². The molecule has 0 saturated heterocycles. The van der Waals surface area contributed by atoms with E-state index in [1.54, 1.807) is 0 Å². The molecule has 0 aliphatic rings. The molecule has 0 bridgehead atoms. The van der Waals surface area contributed by atoms with Crippen molar-refractivity contribution < 1.29 is 16.5 Å². The van der Waals surface area contributed by atoms with Gasteiger partial charge < -0.3 is 0 Å². The van der Waals surface area contributed by atoms with E-state index in [-0.39, 0.29) is 16.5 Å². The quantitative estimate of drug-likeness (QED) is 0.138. The minimum atomic E-state index is -0.839. The monoisotopic (exact) mass is 538 g/mol. The topological polar surface area (TPSA) is 0 Å². The Kier molecular flexibility index (Phi) is 9.80. The third kappa shape index (κ3) is 6.91. The molecule has 0 unspecified atom stereocenters. The van der Waals surface area contributed by atoms with Crippen LogP contribution in [0.4, 0.5) is 0 Å². The maximum Gasteiger partial charge on any atom is 2.00 e. The number of hydrogen-bond acceptors (Lipinski definition) is 0. The fourth-order valence-electron chi connectivity index (χ4n) is 3.61. The van der Waals surface area contributed by atoms with Crippen molar-refractivity contribution in [2.75, 3.05) is 12.3 Å². The van der Waals surface area contributed by atoms with E-state index in [1.807, 2.05) is 0 Å². The molecule has 4 aromatic rings. The zero-order valence-corrected chi connectivity index (χ0v) is 21.7. The predicted octanol–water partition coefficient (Wildman–Crippen LogP) is 6.42. The Morgan fingerprint density at radius 2 is 0.656 bits per heavy atom. The SMILES string of the molecule is ClC(Cl)(CP(c1ccccc1)c1ccccc1)CP(c1ccccc1)c1ccccc1.[Ni+2]. The standard InChI is InChI=1S/C27H24Cl2P2.Ni/c28-27(29,21-30(23-13-5-1-6-14-23)24-15-7-2-8-16-24)22-31(25-17-9-3-10-18-25)26-19-11-4-12-20-26;/h1-20H,21-22H2;/q;+2. The summed E-state index contributed by atoms with van der Waals surface area (Å²) in [4.78, 5) is 0. The van der Waals surface area contributed by atoms with Gasteiger partial charge >= 0.3 is 16.5 Å². The summed E-state index contributed by atoms with van der Waals surface area (Å²) in [7, 11) is -1.32. The van der Waals surface area contributed by atoms with Gasteiger partial charge in [-0.1, -0.05) is 121 Å². The van der Waals surface area contributed by atoms with Crippen LogP contribution in [0, 0.1) is 0 Å². The molecule has 0 aliphatic heterocycles. The van der Waals surface area contributed by atoms with Gasteiger partial charge in [-0.3, -0.25) is 0 Å². The molecule has 0 radical (unpaired) electrons. The van der Waals surface area contributed by atoms with Gasteiger partial charge in [0.15, 0.2) is 0 Å². The molecule has 0 atom stereocenters. The first kappa shape index (κ1) is 25.4. The van der Waals surface area contributed by atoms with Gasteiger partial charge in [0.2, 0.25) is 0 Å². The van der Waals surface area contributed by atoms with Crippen LogP contribution in [0.3, 0.4) is 0 Å². The maximum absolute atomic E-state index is 7.12. The van der Waals surface area contributed by atoms with E-state index in [1.165, 1.54) is 21.2 Å². The predicted molar refractivity (Wildman–Crippen MR) is 142 cm³/mol. The van der Waals surface area contributed by atoms with Gasteiger partial charge in [-0.25, -0.2) is 0 Å². The zero-order chi connectivity index (χ0) is 21.5. The Balaban J connectivity index is 0.00000289. The van der Waals surface area contributed by atoms with E-state index in [2.05, 4.69) is 121 Å². The summed E-state index contributed by atoms with van der Waals surface area (Å²) in [6, 6.07) is 42.5. The molecule has 0 aromatic heterocycles. The van der Waals surface area contributed by atoms with Gasteiger partial charge in [0.25, 0.3) is 0 Å². The van der Waals surface area contributed by atoms with Crippen LogP contribution in [0.1, 0.15) is 0 Å². The van der Waals surface area contributed by atoms with Crippen molar-refractivity contribution in [3.8, 4) is 0 Å². The summed E-state index contributed by atoms with van der Waals surface area (Å²) < 4.78 is -0.839. The fraction of sp³-hybridized carbons (Fsp3) is 0.111. The third-order valence-electron chi connectivity index (χ3n) is 5.05. The molecule has 5 heteroatoms. The van der Waals surface area contributed by atoms with Crippen molar-refractivity contribution in [1.82, 2.24) is 0 Å². The normalized spacial score (nSPS) is 11.4. The van der Waals surface area contributed by atoms with Gasteiger partial charge in [0.05, 0.1) is 0 Å². The fourth-order valence-corrected chi connectivity index (χ4v) is 9.82. The van der Waals surface area contributed by atoms with Crippen LogP contribution < -0.4 is 21.2 Å². The van der Waals surface area contributed by atoms with E-state index >= 15 is 0 Å². The largest absolute Gasteiger partial charge is 2.00 e. The van der Waals surface area contributed by atoms with E-state index in [9.17, 15) is 0 Å². The first-order chi connectivity index (χ1) is 15.1. The van der Waals surface area contributed by atoms with Crippen LogP contribution in [-0.4, -0.2) is 16.7 Å². The Morgan fingerprint density at radius 1 is 0.438 bits per heavy atom. The first-order valence-electron chi connectivity index (χ1n) is 10.3. The van der Waals surface area contributed by atoms with Crippen LogP contribution in [0.2, 0.25) is 0 Å². The Morgan fingerprint density at radius 3 is 0.875 bits per heavy atom. The molecule has 0 saturated carbocycles. The molecule has 0 nitrogen and oxygen atoms in total. The van der Waals surface area contributed by atoms with Crippen molar-refractivity contribution in [2.45, 2.75) is 4.33 Å². The molecule has 0 N–H and O–H groups in total. The smallest absolute Gasteiger partial charge is 0.101 e. The van der Waals surface area contributed by atoms with Crippen LogP contribution >= 0.6 is 39.0 Å². The third-order valence-corrected chi connectivity index (χ3v) is 11.7. The zero-order valence-electron chi connectivity index (χ0n) is 17.4. The van der Waals surface area contributed by atoms with Crippen LogP contribution in [0.5, 0.6) is 0 Å².